The lowest BCUT2D eigenvalue weighted by molar-refractivity contribution is -0.141. The summed E-state index contributed by atoms with van der Waals surface area (Å²) in [4.78, 5) is 6.39. The lowest BCUT2D eigenvalue weighted by Gasteiger charge is -2.45. The number of nitrogens with zero attached hydrogens (tertiary/aromatic N) is 2. The largest absolute Gasteiger partial charge is 0.433 e. The van der Waals surface area contributed by atoms with Crippen molar-refractivity contribution in [1.29, 1.82) is 0 Å². The standard InChI is InChI=1S/C21H21F3N2/c22-21(23,24)20-11-5-10-19(25-20)16-12-17-8-4-9-18(13-16)26(17)14-15-6-2-1-3-7-15/h1-3,5-7,10-12,17-18H,4,8-9,13-14H2. The van der Waals surface area contributed by atoms with Crippen LogP contribution in [0.4, 0.5) is 13.2 Å². The summed E-state index contributed by atoms with van der Waals surface area (Å²) in [5.41, 5.74) is 1.89. The van der Waals surface area contributed by atoms with Crippen molar-refractivity contribution in [2.75, 3.05) is 0 Å². The second kappa shape index (κ2) is 6.88. The number of alkyl halides is 3. The molecular formula is C21H21F3N2. The Bertz CT molecular complexity index is 798. The first-order valence-corrected chi connectivity index (χ1v) is 9.06. The van der Waals surface area contributed by atoms with Gasteiger partial charge in [0, 0.05) is 18.6 Å². The smallest absolute Gasteiger partial charge is 0.289 e. The minimum absolute atomic E-state index is 0.272. The predicted octanol–water partition coefficient (Wildman–Crippen LogP) is 5.31. The van der Waals surface area contributed by atoms with Gasteiger partial charge in [-0.1, -0.05) is 48.9 Å². The average molecular weight is 358 g/mol. The van der Waals surface area contributed by atoms with Crippen LogP contribution in [-0.4, -0.2) is 22.0 Å². The minimum atomic E-state index is -4.40. The predicted molar refractivity (Wildman–Crippen MR) is 95.2 cm³/mol. The van der Waals surface area contributed by atoms with E-state index in [0.717, 1.165) is 37.4 Å². The summed E-state index contributed by atoms with van der Waals surface area (Å²) in [5, 5.41) is 0. The molecule has 2 aliphatic rings. The third-order valence-electron chi connectivity index (χ3n) is 5.36. The number of aromatic nitrogens is 1. The number of benzene rings is 1. The van der Waals surface area contributed by atoms with Crippen LogP contribution in [-0.2, 0) is 12.7 Å². The van der Waals surface area contributed by atoms with Crippen LogP contribution >= 0.6 is 0 Å². The monoisotopic (exact) mass is 358 g/mol. The molecule has 0 spiro atoms. The zero-order valence-electron chi connectivity index (χ0n) is 14.4. The number of hydrogen-bond acceptors (Lipinski definition) is 2. The van der Waals surface area contributed by atoms with E-state index >= 15 is 0 Å². The van der Waals surface area contributed by atoms with Crippen LogP contribution < -0.4 is 0 Å². The second-order valence-electron chi connectivity index (χ2n) is 7.11. The van der Waals surface area contributed by atoms with E-state index in [2.05, 4.69) is 28.1 Å². The van der Waals surface area contributed by atoms with E-state index in [9.17, 15) is 13.2 Å². The third-order valence-corrected chi connectivity index (χ3v) is 5.36. The summed E-state index contributed by atoms with van der Waals surface area (Å²) in [7, 11) is 0. The third kappa shape index (κ3) is 3.54. The van der Waals surface area contributed by atoms with Crippen molar-refractivity contribution in [3.63, 3.8) is 0 Å². The molecule has 0 amide bonds. The Balaban J connectivity index is 1.61. The molecule has 2 aliphatic heterocycles. The number of piperidine rings is 1. The lowest BCUT2D eigenvalue weighted by atomic mass is 9.83. The molecule has 0 aliphatic carbocycles. The topological polar surface area (TPSA) is 16.1 Å². The highest BCUT2D eigenvalue weighted by atomic mass is 19.4. The molecule has 4 rings (SSSR count). The number of fused-ring (bicyclic) bond motifs is 2. The molecule has 2 bridgehead atoms. The zero-order chi connectivity index (χ0) is 18.1. The molecule has 26 heavy (non-hydrogen) atoms. The molecule has 1 aromatic carbocycles. The van der Waals surface area contributed by atoms with Crippen LogP contribution in [0.5, 0.6) is 0 Å². The molecule has 2 nitrogen and oxygen atoms in total. The second-order valence-corrected chi connectivity index (χ2v) is 7.11. The van der Waals surface area contributed by atoms with E-state index in [-0.39, 0.29) is 6.04 Å². The molecule has 0 radical (unpaired) electrons. The first-order chi connectivity index (χ1) is 12.5. The molecule has 1 saturated heterocycles. The van der Waals surface area contributed by atoms with E-state index in [1.54, 1.807) is 6.07 Å². The lowest BCUT2D eigenvalue weighted by Crippen LogP contribution is -2.47. The molecule has 2 aromatic rings. The van der Waals surface area contributed by atoms with Gasteiger partial charge in [-0.3, -0.25) is 4.90 Å². The van der Waals surface area contributed by atoms with Gasteiger partial charge in [-0.05, 0) is 42.5 Å². The molecule has 136 valence electrons. The van der Waals surface area contributed by atoms with E-state index in [1.807, 2.05) is 18.2 Å². The maximum absolute atomic E-state index is 13.0. The van der Waals surface area contributed by atoms with Gasteiger partial charge in [0.1, 0.15) is 5.69 Å². The number of hydrogen-bond donors (Lipinski definition) is 0. The summed E-state index contributed by atoms with van der Waals surface area (Å²) in [6, 6.07) is 15.2. The van der Waals surface area contributed by atoms with Gasteiger partial charge >= 0.3 is 6.18 Å². The van der Waals surface area contributed by atoms with Gasteiger partial charge in [-0.25, -0.2) is 4.98 Å². The Hall–Kier alpha value is -2.14. The van der Waals surface area contributed by atoms with Crippen molar-refractivity contribution < 1.29 is 13.2 Å². The van der Waals surface area contributed by atoms with Crippen molar-refractivity contribution in [1.82, 2.24) is 9.88 Å². The quantitative estimate of drug-likeness (QED) is 0.739. The highest BCUT2D eigenvalue weighted by molar-refractivity contribution is 5.65. The normalized spacial score (nSPS) is 23.6. The zero-order valence-corrected chi connectivity index (χ0v) is 14.4. The summed E-state index contributed by atoms with van der Waals surface area (Å²) in [6.07, 6.45) is 1.80. The fraction of sp³-hybridized carbons (Fsp3) is 0.381. The highest BCUT2D eigenvalue weighted by Gasteiger charge is 2.36. The molecule has 1 fully saturated rings. The van der Waals surface area contributed by atoms with Crippen molar-refractivity contribution in [3.05, 3.63) is 71.6 Å². The first kappa shape index (κ1) is 17.3. The fourth-order valence-corrected chi connectivity index (χ4v) is 4.12. The Morgan fingerprint density at radius 3 is 2.54 bits per heavy atom. The summed E-state index contributed by atoms with van der Waals surface area (Å²) in [5.74, 6) is 0. The SMILES string of the molecule is FC(F)(F)c1cccc(C2=CC3CCCC(C2)N3Cc2ccccc2)n1. The van der Waals surface area contributed by atoms with Crippen molar-refractivity contribution >= 4 is 5.57 Å². The maximum Gasteiger partial charge on any atom is 0.433 e. The average Bonchev–Trinajstić information content (AvgIpc) is 2.62. The number of pyridine rings is 1. The van der Waals surface area contributed by atoms with Gasteiger partial charge in [-0.15, -0.1) is 0 Å². The molecule has 3 heterocycles. The van der Waals surface area contributed by atoms with Crippen LogP contribution in [0.25, 0.3) is 5.57 Å². The fourth-order valence-electron chi connectivity index (χ4n) is 4.12. The number of rotatable bonds is 3. The molecule has 0 N–H and O–H groups in total. The molecule has 1 aromatic heterocycles. The van der Waals surface area contributed by atoms with Gasteiger partial charge in [0.15, 0.2) is 0 Å². The maximum atomic E-state index is 13.0. The number of halogens is 3. The Kier molecular flexibility index (Phi) is 4.57. The van der Waals surface area contributed by atoms with Gasteiger partial charge in [0.05, 0.1) is 5.69 Å². The van der Waals surface area contributed by atoms with Crippen LogP contribution in [0, 0.1) is 0 Å². The van der Waals surface area contributed by atoms with Crippen LogP contribution in [0.2, 0.25) is 0 Å². The van der Waals surface area contributed by atoms with Crippen molar-refractivity contribution in [2.45, 2.75) is 50.5 Å². The Morgan fingerprint density at radius 1 is 1.00 bits per heavy atom. The molecule has 2 unspecified atom stereocenters. The Morgan fingerprint density at radius 2 is 1.81 bits per heavy atom. The summed E-state index contributed by atoms with van der Waals surface area (Å²) < 4.78 is 38.9. The minimum Gasteiger partial charge on any atom is -0.289 e. The van der Waals surface area contributed by atoms with E-state index in [1.165, 1.54) is 18.1 Å². The van der Waals surface area contributed by atoms with Crippen LogP contribution in [0.3, 0.4) is 0 Å². The molecule has 2 atom stereocenters. The Labute approximate surface area is 151 Å². The van der Waals surface area contributed by atoms with E-state index in [0.29, 0.717) is 11.7 Å². The summed E-state index contributed by atoms with van der Waals surface area (Å²) >= 11 is 0. The first-order valence-electron chi connectivity index (χ1n) is 9.06. The molecular weight excluding hydrogens is 337 g/mol. The molecule has 5 heteroatoms. The van der Waals surface area contributed by atoms with Gasteiger partial charge < -0.3 is 0 Å². The van der Waals surface area contributed by atoms with Gasteiger partial charge in [0.2, 0.25) is 0 Å². The van der Waals surface area contributed by atoms with Crippen molar-refractivity contribution in [3.8, 4) is 0 Å². The van der Waals surface area contributed by atoms with Crippen LogP contribution in [0.15, 0.2) is 54.6 Å². The summed E-state index contributed by atoms with van der Waals surface area (Å²) in [6.45, 7) is 0.885. The van der Waals surface area contributed by atoms with Gasteiger partial charge in [-0.2, -0.15) is 13.2 Å². The highest BCUT2D eigenvalue weighted by Crippen LogP contribution is 2.38. The molecule has 0 saturated carbocycles. The van der Waals surface area contributed by atoms with Gasteiger partial charge in [0.25, 0.3) is 0 Å². The van der Waals surface area contributed by atoms with E-state index < -0.39 is 11.9 Å². The van der Waals surface area contributed by atoms with Crippen LogP contribution in [0.1, 0.15) is 42.6 Å². The van der Waals surface area contributed by atoms with Crippen molar-refractivity contribution in [2.24, 2.45) is 0 Å². The van der Waals surface area contributed by atoms with E-state index in [4.69, 9.17) is 0 Å².